The summed E-state index contributed by atoms with van der Waals surface area (Å²) in [4.78, 5) is 22.7. The fourth-order valence-electron chi connectivity index (χ4n) is 1.84. The van der Waals surface area contributed by atoms with E-state index in [-0.39, 0.29) is 12.0 Å². The van der Waals surface area contributed by atoms with Crippen LogP contribution in [0.5, 0.6) is 0 Å². The Balaban J connectivity index is 2.59. The van der Waals surface area contributed by atoms with Crippen LogP contribution >= 0.6 is 0 Å². The van der Waals surface area contributed by atoms with Gasteiger partial charge < -0.3 is 14.8 Å². The molecular weight excluding hydrogens is 170 g/mol. The number of piperidine rings is 1. The second-order valence-corrected chi connectivity index (χ2v) is 3.46. The predicted molar refractivity (Wildman–Crippen MR) is 47.6 cm³/mol. The molecule has 4 nitrogen and oxygen atoms in total. The molecule has 0 saturated carbocycles. The number of rotatable bonds is 2. The Morgan fingerprint density at radius 2 is 2.38 bits per heavy atom. The molecule has 0 spiro atoms. The quantitative estimate of drug-likeness (QED) is 0.661. The molecule has 1 N–H and O–H groups in total. The zero-order valence-electron chi connectivity index (χ0n) is 7.77. The summed E-state index contributed by atoms with van der Waals surface area (Å²) >= 11 is 0. The van der Waals surface area contributed by atoms with Gasteiger partial charge in [-0.3, -0.25) is 0 Å². The second kappa shape index (κ2) is 4.25. The molecule has 1 saturated heterocycles. The first kappa shape index (κ1) is 10.0. The summed E-state index contributed by atoms with van der Waals surface area (Å²) in [6, 6.07) is 0.0291. The molecule has 2 unspecified atom stereocenters. The van der Waals surface area contributed by atoms with Crippen molar-refractivity contribution in [2.45, 2.75) is 32.2 Å². The molecule has 1 heterocycles. The first-order chi connectivity index (χ1) is 6.19. The van der Waals surface area contributed by atoms with Crippen LogP contribution in [0.1, 0.15) is 26.2 Å². The van der Waals surface area contributed by atoms with Crippen LogP contribution in [0.3, 0.4) is 0 Å². The van der Waals surface area contributed by atoms with Gasteiger partial charge in [0.15, 0.2) is 0 Å². The maximum atomic E-state index is 10.8. The molecule has 1 rings (SSSR count). The summed E-state index contributed by atoms with van der Waals surface area (Å²) < 4.78 is 0. The third kappa shape index (κ3) is 2.20. The van der Waals surface area contributed by atoms with E-state index in [1.54, 1.807) is 0 Å². The summed E-state index contributed by atoms with van der Waals surface area (Å²) in [5.74, 6) is 0.0561. The highest BCUT2D eigenvalue weighted by molar-refractivity contribution is 5.66. The molecule has 74 valence electrons. The highest BCUT2D eigenvalue weighted by atomic mass is 16.4. The Morgan fingerprint density at radius 3 is 2.85 bits per heavy atom. The van der Waals surface area contributed by atoms with Crippen molar-refractivity contribution >= 4 is 12.4 Å². The Kier molecular flexibility index (Phi) is 3.28. The van der Waals surface area contributed by atoms with Crippen molar-refractivity contribution in [3.05, 3.63) is 0 Å². The molecule has 0 aromatic rings. The SMILES string of the molecule is CCC1CC(C=O)CCN1C(=O)O. The molecule has 0 aromatic heterocycles. The lowest BCUT2D eigenvalue weighted by Crippen LogP contribution is -2.45. The van der Waals surface area contributed by atoms with Gasteiger partial charge in [-0.2, -0.15) is 0 Å². The number of hydrogen-bond acceptors (Lipinski definition) is 2. The van der Waals surface area contributed by atoms with Gasteiger partial charge in [-0.15, -0.1) is 0 Å². The van der Waals surface area contributed by atoms with Crippen molar-refractivity contribution in [2.75, 3.05) is 6.54 Å². The molecule has 2 atom stereocenters. The fourth-order valence-corrected chi connectivity index (χ4v) is 1.84. The van der Waals surface area contributed by atoms with E-state index in [1.165, 1.54) is 4.90 Å². The molecule has 0 bridgehead atoms. The monoisotopic (exact) mass is 185 g/mol. The fraction of sp³-hybridized carbons (Fsp3) is 0.778. The van der Waals surface area contributed by atoms with Gasteiger partial charge in [-0.25, -0.2) is 4.79 Å². The van der Waals surface area contributed by atoms with E-state index >= 15 is 0 Å². The summed E-state index contributed by atoms with van der Waals surface area (Å²) in [6.45, 7) is 2.45. The number of carbonyl (C=O) groups excluding carboxylic acids is 1. The Bertz CT molecular complexity index is 205. The lowest BCUT2D eigenvalue weighted by atomic mass is 9.91. The van der Waals surface area contributed by atoms with Crippen molar-refractivity contribution in [3.63, 3.8) is 0 Å². The molecule has 13 heavy (non-hydrogen) atoms. The van der Waals surface area contributed by atoms with Gasteiger partial charge >= 0.3 is 6.09 Å². The van der Waals surface area contributed by atoms with E-state index in [9.17, 15) is 9.59 Å². The summed E-state index contributed by atoms with van der Waals surface area (Å²) in [7, 11) is 0. The number of carboxylic acid groups (broad SMARTS) is 1. The van der Waals surface area contributed by atoms with Crippen LogP contribution in [0, 0.1) is 5.92 Å². The molecule has 0 aliphatic carbocycles. The van der Waals surface area contributed by atoms with Crippen molar-refractivity contribution in [3.8, 4) is 0 Å². The third-order valence-electron chi connectivity index (χ3n) is 2.67. The first-order valence-corrected chi connectivity index (χ1v) is 4.63. The van der Waals surface area contributed by atoms with Crippen LogP contribution in [-0.2, 0) is 4.79 Å². The van der Waals surface area contributed by atoms with E-state index in [0.717, 1.165) is 12.7 Å². The average molecular weight is 185 g/mol. The van der Waals surface area contributed by atoms with E-state index < -0.39 is 6.09 Å². The van der Waals surface area contributed by atoms with E-state index in [0.29, 0.717) is 19.4 Å². The number of likely N-dealkylation sites (tertiary alicyclic amines) is 1. The van der Waals surface area contributed by atoms with Crippen LogP contribution in [-0.4, -0.2) is 35.0 Å². The topological polar surface area (TPSA) is 57.6 Å². The van der Waals surface area contributed by atoms with Gasteiger partial charge in [0.25, 0.3) is 0 Å². The standard InChI is InChI=1S/C9H15NO3/c1-2-8-5-7(6-11)3-4-10(8)9(12)13/h6-8H,2-5H2,1H3,(H,12,13). The average Bonchev–Trinajstić information content (AvgIpc) is 2.16. The predicted octanol–water partition coefficient (Wildman–Crippen LogP) is 1.35. The zero-order chi connectivity index (χ0) is 9.84. The molecule has 4 heteroatoms. The molecule has 1 fully saturated rings. The van der Waals surface area contributed by atoms with E-state index in [1.807, 2.05) is 6.92 Å². The normalized spacial score (nSPS) is 28.5. The molecule has 0 radical (unpaired) electrons. The number of nitrogens with zero attached hydrogens (tertiary/aromatic N) is 1. The van der Waals surface area contributed by atoms with Crippen molar-refractivity contribution in [2.24, 2.45) is 5.92 Å². The summed E-state index contributed by atoms with van der Waals surface area (Å²) in [6.07, 6.45) is 2.23. The van der Waals surface area contributed by atoms with Gasteiger partial charge in [0.2, 0.25) is 0 Å². The van der Waals surface area contributed by atoms with E-state index in [4.69, 9.17) is 5.11 Å². The van der Waals surface area contributed by atoms with Crippen molar-refractivity contribution < 1.29 is 14.7 Å². The van der Waals surface area contributed by atoms with Crippen LogP contribution in [0.4, 0.5) is 4.79 Å². The number of carbonyl (C=O) groups is 2. The number of amides is 1. The van der Waals surface area contributed by atoms with Crippen LogP contribution < -0.4 is 0 Å². The van der Waals surface area contributed by atoms with Gasteiger partial charge in [0.1, 0.15) is 6.29 Å². The van der Waals surface area contributed by atoms with Crippen molar-refractivity contribution in [1.29, 1.82) is 0 Å². The maximum absolute atomic E-state index is 10.8. The number of hydrogen-bond donors (Lipinski definition) is 1. The van der Waals surface area contributed by atoms with Crippen molar-refractivity contribution in [1.82, 2.24) is 4.90 Å². The smallest absolute Gasteiger partial charge is 0.407 e. The second-order valence-electron chi connectivity index (χ2n) is 3.46. The Labute approximate surface area is 77.5 Å². The first-order valence-electron chi connectivity index (χ1n) is 4.63. The van der Waals surface area contributed by atoms with Gasteiger partial charge in [0.05, 0.1) is 0 Å². The van der Waals surface area contributed by atoms with E-state index in [2.05, 4.69) is 0 Å². The minimum Gasteiger partial charge on any atom is -0.465 e. The van der Waals surface area contributed by atoms with Gasteiger partial charge in [0, 0.05) is 18.5 Å². The maximum Gasteiger partial charge on any atom is 0.407 e. The lowest BCUT2D eigenvalue weighted by Gasteiger charge is -2.35. The Hall–Kier alpha value is -1.06. The molecular formula is C9H15NO3. The highest BCUT2D eigenvalue weighted by Crippen LogP contribution is 2.23. The van der Waals surface area contributed by atoms with Crippen LogP contribution in [0.25, 0.3) is 0 Å². The van der Waals surface area contributed by atoms with Crippen LogP contribution in [0.2, 0.25) is 0 Å². The lowest BCUT2D eigenvalue weighted by molar-refractivity contribution is -0.112. The number of aldehydes is 1. The highest BCUT2D eigenvalue weighted by Gasteiger charge is 2.29. The molecule has 1 aliphatic rings. The Morgan fingerprint density at radius 1 is 1.69 bits per heavy atom. The minimum absolute atomic E-state index is 0.0291. The molecule has 0 aromatic carbocycles. The van der Waals surface area contributed by atoms with Gasteiger partial charge in [-0.05, 0) is 19.3 Å². The third-order valence-corrected chi connectivity index (χ3v) is 2.67. The molecule has 1 amide bonds. The zero-order valence-corrected chi connectivity index (χ0v) is 7.77. The van der Waals surface area contributed by atoms with Gasteiger partial charge in [-0.1, -0.05) is 6.92 Å². The summed E-state index contributed by atoms with van der Waals surface area (Å²) in [5.41, 5.74) is 0. The van der Waals surface area contributed by atoms with Crippen LogP contribution in [0.15, 0.2) is 0 Å². The largest absolute Gasteiger partial charge is 0.465 e. The molecule has 1 aliphatic heterocycles. The summed E-state index contributed by atoms with van der Waals surface area (Å²) in [5, 5.41) is 8.84. The minimum atomic E-state index is -0.865.